The van der Waals surface area contributed by atoms with Crippen LogP contribution >= 0.6 is 15.9 Å². The van der Waals surface area contributed by atoms with Gasteiger partial charge in [-0.1, -0.05) is 15.9 Å². The number of hydrogen-bond donors (Lipinski definition) is 2. The molecule has 0 fully saturated rings. The maximum Gasteiger partial charge on any atom is 0.161 e. The Hall–Kier alpha value is -0.740. The van der Waals surface area contributed by atoms with Crippen LogP contribution in [0, 0.1) is 0 Å². The van der Waals surface area contributed by atoms with Crippen molar-refractivity contribution >= 4 is 15.9 Å². The van der Waals surface area contributed by atoms with Gasteiger partial charge >= 0.3 is 0 Å². The van der Waals surface area contributed by atoms with Crippen LogP contribution in [0.2, 0.25) is 0 Å². The maximum absolute atomic E-state index is 9.47. The molecule has 72 valence electrons. The van der Waals surface area contributed by atoms with Crippen molar-refractivity contribution in [3.63, 3.8) is 0 Å². The molecule has 0 aliphatic rings. The molecule has 0 amide bonds. The molecular weight excluding hydrogens is 234 g/mol. The van der Waals surface area contributed by atoms with E-state index in [9.17, 15) is 5.11 Å². The first-order valence-electron chi connectivity index (χ1n) is 3.89. The minimum atomic E-state index is 0.163. The molecule has 4 heteroatoms. The molecule has 0 spiro atoms. The van der Waals surface area contributed by atoms with Crippen LogP contribution in [0.3, 0.4) is 0 Å². The van der Waals surface area contributed by atoms with E-state index in [0.29, 0.717) is 12.3 Å². The molecule has 0 radical (unpaired) electrons. The fourth-order valence-corrected chi connectivity index (χ4v) is 1.54. The smallest absolute Gasteiger partial charge is 0.161 e. The van der Waals surface area contributed by atoms with Crippen molar-refractivity contribution < 1.29 is 9.84 Å². The van der Waals surface area contributed by atoms with Crippen molar-refractivity contribution in [1.82, 2.24) is 5.32 Å². The first-order chi connectivity index (χ1) is 6.19. The summed E-state index contributed by atoms with van der Waals surface area (Å²) in [5.74, 6) is 0.641. The average molecular weight is 246 g/mol. The van der Waals surface area contributed by atoms with E-state index in [1.54, 1.807) is 12.1 Å². The number of ether oxygens (including phenoxy) is 1. The highest BCUT2D eigenvalue weighted by Gasteiger charge is 2.06. The lowest BCUT2D eigenvalue weighted by Gasteiger charge is -2.08. The van der Waals surface area contributed by atoms with Crippen LogP contribution < -0.4 is 10.1 Å². The Balaban J connectivity index is 3.05. The molecule has 0 saturated heterocycles. The van der Waals surface area contributed by atoms with Gasteiger partial charge in [0, 0.05) is 11.0 Å². The van der Waals surface area contributed by atoms with Gasteiger partial charge in [-0.2, -0.15) is 0 Å². The highest BCUT2D eigenvalue weighted by molar-refractivity contribution is 9.10. The summed E-state index contributed by atoms with van der Waals surface area (Å²) in [6.45, 7) is 0.706. The minimum Gasteiger partial charge on any atom is -0.504 e. The molecule has 0 aliphatic carbocycles. The van der Waals surface area contributed by atoms with Gasteiger partial charge in [-0.15, -0.1) is 0 Å². The number of phenols is 1. The van der Waals surface area contributed by atoms with Gasteiger partial charge in [0.2, 0.25) is 0 Å². The lowest BCUT2D eigenvalue weighted by atomic mass is 10.2. The zero-order chi connectivity index (χ0) is 9.84. The lowest BCUT2D eigenvalue weighted by molar-refractivity contribution is 0.372. The number of aromatic hydroxyl groups is 1. The largest absolute Gasteiger partial charge is 0.504 e. The quantitative estimate of drug-likeness (QED) is 0.855. The molecule has 1 aromatic carbocycles. The zero-order valence-electron chi connectivity index (χ0n) is 7.60. The Morgan fingerprint density at radius 3 is 2.77 bits per heavy atom. The van der Waals surface area contributed by atoms with E-state index in [4.69, 9.17) is 4.74 Å². The van der Waals surface area contributed by atoms with Gasteiger partial charge < -0.3 is 15.2 Å². The molecule has 0 atom stereocenters. The van der Waals surface area contributed by atoms with Gasteiger partial charge in [-0.05, 0) is 24.7 Å². The molecule has 3 nitrogen and oxygen atoms in total. The van der Waals surface area contributed by atoms with Crippen LogP contribution in [0.25, 0.3) is 0 Å². The topological polar surface area (TPSA) is 41.5 Å². The molecule has 1 aromatic rings. The first kappa shape index (κ1) is 10.3. The second kappa shape index (κ2) is 4.48. The number of methoxy groups -OCH3 is 1. The number of halogens is 1. The van der Waals surface area contributed by atoms with Gasteiger partial charge in [0.05, 0.1) is 7.11 Å². The number of benzene rings is 1. The molecule has 13 heavy (non-hydrogen) atoms. The molecule has 0 aromatic heterocycles. The van der Waals surface area contributed by atoms with Crippen molar-refractivity contribution in [3.8, 4) is 11.5 Å². The summed E-state index contributed by atoms with van der Waals surface area (Å²) in [6, 6.07) is 3.43. The van der Waals surface area contributed by atoms with E-state index in [1.165, 1.54) is 7.11 Å². The third-order valence-electron chi connectivity index (χ3n) is 1.72. The summed E-state index contributed by atoms with van der Waals surface area (Å²) in [7, 11) is 3.38. The van der Waals surface area contributed by atoms with Crippen molar-refractivity contribution in [2.45, 2.75) is 6.54 Å². The standard InChI is InChI=1S/C9H12BrNO2/c1-11-5-6-3-8(12)9(13-2)4-7(6)10/h3-4,11-12H,5H2,1-2H3. The van der Waals surface area contributed by atoms with Crippen LogP contribution in [0.4, 0.5) is 0 Å². The lowest BCUT2D eigenvalue weighted by Crippen LogP contribution is -2.05. The predicted molar refractivity (Wildman–Crippen MR) is 55.1 cm³/mol. The second-order valence-electron chi connectivity index (χ2n) is 2.65. The Morgan fingerprint density at radius 2 is 2.23 bits per heavy atom. The third-order valence-corrected chi connectivity index (χ3v) is 2.45. The summed E-state index contributed by atoms with van der Waals surface area (Å²) in [4.78, 5) is 0. The summed E-state index contributed by atoms with van der Waals surface area (Å²) in [5.41, 5.74) is 1.00. The summed E-state index contributed by atoms with van der Waals surface area (Å²) < 4.78 is 5.89. The van der Waals surface area contributed by atoms with Crippen LogP contribution in [-0.2, 0) is 6.54 Å². The minimum absolute atomic E-state index is 0.163. The van der Waals surface area contributed by atoms with E-state index in [-0.39, 0.29) is 5.75 Å². The number of hydrogen-bond acceptors (Lipinski definition) is 3. The number of rotatable bonds is 3. The van der Waals surface area contributed by atoms with E-state index in [0.717, 1.165) is 10.0 Å². The molecule has 0 aliphatic heterocycles. The van der Waals surface area contributed by atoms with Crippen molar-refractivity contribution in [2.24, 2.45) is 0 Å². The average Bonchev–Trinajstić information content (AvgIpc) is 2.11. The van der Waals surface area contributed by atoms with E-state index in [1.807, 2.05) is 7.05 Å². The fourth-order valence-electron chi connectivity index (χ4n) is 1.08. The number of phenolic OH excluding ortho intramolecular Hbond substituents is 1. The first-order valence-corrected chi connectivity index (χ1v) is 4.68. The molecule has 0 unspecified atom stereocenters. The van der Waals surface area contributed by atoms with Gasteiger partial charge in [0.1, 0.15) is 0 Å². The van der Waals surface area contributed by atoms with E-state index < -0.39 is 0 Å². The van der Waals surface area contributed by atoms with Crippen LogP contribution in [-0.4, -0.2) is 19.3 Å². The Labute approximate surface area is 85.9 Å². The maximum atomic E-state index is 9.47. The Kier molecular flexibility index (Phi) is 3.57. The fraction of sp³-hybridized carbons (Fsp3) is 0.333. The Morgan fingerprint density at radius 1 is 1.54 bits per heavy atom. The van der Waals surface area contributed by atoms with Gasteiger partial charge in [0.25, 0.3) is 0 Å². The highest BCUT2D eigenvalue weighted by Crippen LogP contribution is 2.32. The van der Waals surface area contributed by atoms with Crippen molar-refractivity contribution in [3.05, 3.63) is 22.2 Å². The van der Waals surface area contributed by atoms with Gasteiger partial charge in [0.15, 0.2) is 11.5 Å². The third kappa shape index (κ3) is 2.35. The molecule has 0 heterocycles. The SMILES string of the molecule is CNCc1cc(O)c(OC)cc1Br. The van der Waals surface area contributed by atoms with Gasteiger partial charge in [-0.25, -0.2) is 0 Å². The van der Waals surface area contributed by atoms with Crippen LogP contribution in [0.1, 0.15) is 5.56 Å². The van der Waals surface area contributed by atoms with Crippen molar-refractivity contribution in [1.29, 1.82) is 0 Å². The van der Waals surface area contributed by atoms with Gasteiger partial charge in [-0.3, -0.25) is 0 Å². The van der Waals surface area contributed by atoms with Crippen LogP contribution in [0.5, 0.6) is 11.5 Å². The van der Waals surface area contributed by atoms with Crippen LogP contribution in [0.15, 0.2) is 16.6 Å². The summed E-state index contributed by atoms with van der Waals surface area (Å²) in [6.07, 6.45) is 0. The second-order valence-corrected chi connectivity index (χ2v) is 3.50. The molecular formula is C9H12BrNO2. The molecule has 1 rings (SSSR count). The van der Waals surface area contributed by atoms with E-state index >= 15 is 0 Å². The Bertz CT molecular complexity index is 302. The zero-order valence-corrected chi connectivity index (χ0v) is 9.18. The summed E-state index contributed by atoms with van der Waals surface area (Å²) >= 11 is 3.39. The van der Waals surface area contributed by atoms with E-state index in [2.05, 4.69) is 21.2 Å². The summed E-state index contributed by atoms with van der Waals surface area (Å²) in [5, 5.41) is 12.5. The predicted octanol–water partition coefficient (Wildman–Crippen LogP) is 1.88. The molecule has 0 bridgehead atoms. The number of nitrogens with one attached hydrogen (secondary N) is 1. The normalized spacial score (nSPS) is 10.1. The molecule has 2 N–H and O–H groups in total. The molecule has 0 saturated carbocycles. The monoisotopic (exact) mass is 245 g/mol. The van der Waals surface area contributed by atoms with Crippen molar-refractivity contribution in [2.75, 3.05) is 14.2 Å². The highest BCUT2D eigenvalue weighted by atomic mass is 79.9.